The highest BCUT2D eigenvalue weighted by Gasteiger charge is 2.36. The minimum atomic E-state index is -4.40. The maximum absolute atomic E-state index is 13.2. The van der Waals surface area contributed by atoms with E-state index in [9.17, 15) is 13.2 Å². The second-order valence-electron chi connectivity index (χ2n) is 6.43. The summed E-state index contributed by atoms with van der Waals surface area (Å²) in [5.41, 5.74) is -0.683. The predicted octanol–water partition coefficient (Wildman–Crippen LogP) is 3.04. The second-order valence-corrected chi connectivity index (χ2v) is 6.43. The van der Waals surface area contributed by atoms with E-state index in [-0.39, 0.29) is 11.9 Å². The van der Waals surface area contributed by atoms with Crippen molar-refractivity contribution in [2.24, 2.45) is 0 Å². The molecule has 0 saturated carbocycles. The molecule has 0 radical (unpaired) electrons. The first-order chi connectivity index (χ1) is 12.3. The number of piperidine rings is 1. The van der Waals surface area contributed by atoms with Crippen LogP contribution in [-0.4, -0.2) is 48.2 Å². The zero-order valence-corrected chi connectivity index (χ0v) is 14.7. The molecule has 0 unspecified atom stereocenters. The lowest BCUT2D eigenvalue weighted by atomic mass is 10.0. The molecule has 0 amide bonds. The zero-order chi connectivity index (χ0) is 18.7. The van der Waals surface area contributed by atoms with Crippen LogP contribution < -0.4 is 15.1 Å². The van der Waals surface area contributed by atoms with E-state index in [0.29, 0.717) is 25.9 Å². The summed E-state index contributed by atoms with van der Waals surface area (Å²) in [6.07, 6.45) is -0.0958. The van der Waals surface area contributed by atoms with E-state index in [1.165, 1.54) is 18.6 Å². The first-order valence-electron chi connectivity index (χ1n) is 8.37. The van der Waals surface area contributed by atoms with Gasteiger partial charge in [0.15, 0.2) is 0 Å². The van der Waals surface area contributed by atoms with Crippen LogP contribution in [0.2, 0.25) is 0 Å². The minimum Gasteiger partial charge on any atom is -0.367 e. The molecule has 1 aliphatic rings. The summed E-state index contributed by atoms with van der Waals surface area (Å²) in [4.78, 5) is 15.9. The molecule has 26 heavy (non-hydrogen) atoms. The van der Waals surface area contributed by atoms with Gasteiger partial charge in [0.2, 0.25) is 0 Å². The summed E-state index contributed by atoms with van der Waals surface area (Å²) in [7, 11) is 3.80. The van der Waals surface area contributed by atoms with Crippen LogP contribution in [0.1, 0.15) is 18.4 Å². The number of aromatic nitrogens is 3. The molecule has 9 heteroatoms. The van der Waals surface area contributed by atoms with Gasteiger partial charge >= 0.3 is 6.18 Å². The Kier molecular flexibility index (Phi) is 5.15. The van der Waals surface area contributed by atoms with Crippen LogP contribution in [-0.2, 0) is 6.18 Å². The summed E-state index contributed by atoms with van der Waals surface area (Å²) in [5.74, 6) is 1.52. The quantitative estimate of drug-likeness (QED) is 0.898. The van der Waals surface area contributed by atoms with Gasteiger partial charge in [0.25, 0.3) is 0 Å². The van der Waals surface area contributed by atoms with Crippen LogP contribution in [0, 0.1) is 0 Å². The van der Waals surface area contributed by atoms with Crippen molar-refractivity contribution in [1.82, 2.24) is 15.0 Å². The van der Waals surface area contributed by atoms with Gasteiger partial charge in [0.05, 0.1) is 5.56 Å². The topological polar surface area (TPSA) is 57.2 Å². The lowest BCUT2D eigenvalue weighted by molar-refractivity contribution is -0.137. The number of hydrogen-bond acceptors (Lipinski definition) is 6. The monoisotopic (exact) mass is 366 g/mol. The number of alkyl halides is 3. The molecule has 3 rings (SSSR count). The summed E-state index contributed by atoms with van der Waals surface area (Å²) in [6, 6.07) is 4.40. The van der Waals surface area contributed by atoms with Gasteiger partial charge in [-0.25, -0.2) is 15.0 Å². The molecule has 2 aromatic rings. The van der Waals surface area contributed by atoms with E-state index in [4.69, 9.17) is 0 Å². The molecule has 0 spiro atoms. The minimum absolute atomic E-state index is 0.00961. The van der Waals surface area contributed by atoms with Gasteiger partial charge in [-0.3, -0.25) is 0 Å². The Hall–Kier alpha value is -2.58. The lowest BCUT2D eigenvalue weighted by Crippen LogP contribution is -2.40. The SMILES string of the molecule is CN(C)c1cc(NC2CCN(c3ncccc3C(F)(F)F)CC2)ncn1. The molecule has 6 nitrogen and oxygen atoms in total. The lowest BCUT2D eigenvalue weighted by Gasteiger charge is -2.34. The van der Waals surface area contributed by atoms with Gasteiger partial charge < -0.3 is 15.1 Å². The standard InChI is InChI=1S/C17H21F3N6/c1-25(2)15-10-14(22-11-23-15)24-12-5-8-26(9-6-12)16-13(17(18,19)20)4-3-7-21-16/h3-4,7,10-12H,5-6,8-9H2,1-2H3,(H,22,23,24). The summed E-state index contributed by atoms with van der Waals surface area (Å²) < 4.78 is 39.5. The number of nitrogens with one attached hydrogen (secondary N) is 1. The van der Waals surface area contributed by atoms with Crippen LogP contribution >= 0.6 is 0 Å². The molecule has 1 N–H and O–H groups in total. The molecular weight excluding hydrogens is 345 g/mol. The van der Waals surface area contributed by atoms with Crippen molar-refractivity contribution in [2.45, 2.75) is 25.1 Å². The van der Waals surface area contributed by atoms with Gasteiger partial charge in [-0.15, -0.1) is 0 Å². The Morgan fingerprint density at radius 2 is 1.88 bits per heavy atom. The van der Waals surface area contributed by atoms with E-state index >= 15 is 0 Å². The Bertz CT molecular complexity index is 741. The first kappa shape index (κ1) is 18.2. The van der Waals surface area contributed by atoms with Gasteiger partial charge in [-0.05, 0) is 25.0 Å². The third kappa shape index (κ3) is 4.14. The number of rotatable bonds is 4. The Morgan fingerprint density at radius 1 is 1.15 bits per heavy atom. The Morgan fingerprint density at radius 3 is 2.54 bits per heavy atom. The van der Waals surface area contributed by atoms with Crippen molar-refractivity contribution >= 4 is 17.5 Å². The molecule has 1 fully saturated rings. The van der Waals surface area contributed by atoms with Crippen LogP contribution in [0.5, 0.6) is 0 Å². The van der Waals surface area contributed by atoms with E-state index < -0.39 is 11.7 Å². The fourth-order valence-corrected chi connectivity index (χ4v) is 2.99. The number of anilines is 3. The third-order valence-electron chi connectivity index (χ3n) is 4.35. The summed E-state index contributed by atoms with van der Waals surface area (Å²) in [6.45, 7) is 1.01. The Balaban J connectivity index is 1.64. The van der Waals surface area contributed by atoms with Gasteiger partial charge in [0.1, 0.15) is 23.8 Å². The van der Waals surface area contributed by atoms with Crippen molar-refractivity contribution in [1.29, 1.82) is 0 Å². The van der Waals surface area contributed by atoms with E-state index in [1.54, 1.807) is 4.90 Å². The average molecular weight is 366 g/mol. The highest BCUT2D eigenvalue weighted by molar-refractivity contribution is 5.50. The number of pyridine rings is 1. The summed E-state index contributed by atoms with van der Waals surface area (Å²) in [5, 5.41) is 3.35. The van der Waals surface area contributed by atoms with Crippen LogP contribution in [0.3, 0.4) is 0 Å². The van der Waals surface area contributed by atoms with Crippen LogP contribution in [0.4, 0.5) is 30.6 Å². The normalized spacial score (nSPS) is 15.8. The molecule has 2 aromatic heterocycles. The summed E-state index contributed by atoms with van der Waals surface area (Å²) >= 11 is 0. The van der Waals surface area contributed by atoms with Crippen molar-refractivity contribution < 1.29 is 13.2 Å². The van der Waals surface area contributed by atoms with Gasteiger partial charge in [-0.2, -0.15) is 13.2 Å². The maximum Gasteiger partial charge on any atom is 0.419 e. The largest absolute Gasteiger partial charge is 0.419 e. The highest BCUT2D eigenvalue weighted by Crippen LogP contribution is 2.36. The second kappa shape index (κ2) is 7.35. The highest BCUT2D eigenvalue weighted by atomic mass is 19.4. The van der Waals surface area contributed by atoms with E-state index in [1.807, 2.05) is 25.1 Å². The van der Waals surface area contributed by atoms with Gasteiger partial charge in [0, 0.05) is 45.5 Å². The average Bonchev–Trinajstić information content (AvgIpc) is 2.62. The fourth-order valence-electron chi connectivity index (χ4n) is 2.99. The number of halogens is 3. The predicted molar refractivity (Wildman–Crippen MR) is 94.5 cm³/mol. The number of nitrogens with zero attached hydrogens (tertiary/aromatic N) is 5. The molecule has 0 aromatic carbocycles. The molecule has 0 aliphatic carbocycles. The first-order valence-corrected chi connectivity index (χ1v) is 8.37. The van der Waals surface area contributed by atoms with E-state index in [2.05, 4.69) is 20.3 Å². The smallest absolute Gasteiger partial charge is 0.367 e. The van der Waals surface area contributed by atoms with Crippen molar-refractivity contribution in [3.63, 3.8) is 0 Å². The molecule has 0 bridgehead atoms. The molecule has 0 atom stereocenters. The third-order valence-corrected chi connectivity index (χ3v) is 4.35. The zero-order valence-electron chi connectivity index (χ0n) is 14.7. The molecule has 140 valence electrons. The van der Waals surface area contributed by atoms with Gasteiger partial charge in [-0.1, -0.05) is 0 Å². The fraction of sp³-hybridized carbons (Fsp3) is 0.471. The molecule has 1 saturated heterocycles. The van der Waals surface area contributed by atoms with Crippen LogP contribution in [0.15, 0.2) is 30.7 Å². The van der Waals surface area contributed by atoms with Crippen molar-refractivity contribution in [2.75, 3.05) is 42.3 Å². The molecular formula is C17H21F3N6. The van der Waals surface area contributed by atoms with Crippen LogP contribution in [0.25, 0.3) is 0 Å². The molecule has 1 aliphatic heterocycles. The van der Waals surface area contributed by atoms with Crippen molar-refractivity contribution in [3.05, 3.63) is 36.3 Å². The molecule has 3 heterocycles. The van der Waals surface area contributed by atoms with Crippen molar-refractivity contribution in [3.8, 4) is 0 Å². The Labute approximate surface area is 150 Å². The number of hydrogen-bond donors (Lipinski definition) is 1. The maximum atomic E-state index is 13.2. The van der Waals surface area contributed by atoms with E-state index in [0.717, 1.165) is 17.7 Å².